The Kier molecular flexibility index (Phi) is 6.68. The number of amides is 1. The summed E-state index contributed by atoms with van der Waals surface area (Å²) in [5.74, 6) is -0.730. The maximum absolute atomic E-state index is 12.2. The van der Waals surface area contributed by atoms with Gasteiger partial charge in [0.2, 0.25) is 0 Å². The van der Waals surface area contributed by atoms with E-state index in [0.29, 0.717) is 5.56 Å². The van der Waals surface area contributed by atoms with Gasteiger partial charge in [-0.25, -0.2) is 4.79 Å². The van der Waals surface area contributed by atoms with Crippen molar-refractivity contribution < 1.29 is 14.3 Å². The van der Waals surface area contributed by atoms with E-state index in [2.05, 4.69) is 37.2 Å². The number of halogens is 2. The third kappa shape index (κ3) is 4.59. The Labute approximate surface area is 135 Å². The van der Waals surface area contributed by atoms with Crippen LogP contribution in [0.15, 0.2) is 27.1 Å². The molecule has 0 aliphatic carbocycles. The van der Waals surface area contributed by atoms with Crippen LogP contribution in [-0.2, 0) is 9.53 Å². The van der Waals surface area contributed by atoms with E-state index < -0.39 is 12.0 Å². The first kappa shape index (κ1) is 17.2. The second-order valence-corrected chi connectivity index (χ2v) is 6.35. The van der Waals surface area contributed by atoms with Crippen molar-refractivity contribution in [3.63, 3.8) is 0 Å². The Bertz CT molecular complexity index is 485. The standard InChI is InChI=1S/C14H17Br2NO3/c1-4-8(2)12(14(19)20-3)17-13(18)9-5-10(15)7-11(16)6-9/h5-8,12H,4H2,1-3H3,(H,17,18)/t8-,12-/m0/s1. The molecule has 0 aliphatic rings. The average Bonchev–Trinajstić information content (AvgIpc) is 2.41. The molecular weight excluding hydrogens is 390 g/mol. The highest BCUT2D eigenvalue weighted by Crippen LogP contribution is 2.20. The zero-order valence-electron chi connectivity index (χ0n) is 11.6. The molecule has 0 saturated heterocycles. The predicted molar refractivity (Wildman–Crippen MR) is 84.6 cm³/mol. The van der Waals surface area contributed by atoms with Gasteiger partial charge in [0.1, 0.15) is 6.04 Å². The van der Waals surface area contributed by atoms with Gasteiger partial charge < -0.3 is 10.1 Å². The second kappa shape index (κ2) is 7.78. The number of benzene rings is 1. The van der Waals surface area contributed by atoms with Crippen molar-refractivity contribution in [2.24, 2.45) is 5.92 Å². The van der Waals surface area contributed by atoms with E-state index >= 15 is 0 Å². The highest BCUT2D eigenvalue weighted by Gasteiger charge is 2.27. The van der Waals surface area contributed by atoms with E-state index in [-0.39, 0.29) is 11.8 Å². The molecule has 1 aromatic rings. The van der Waals surface area contributed by atoms with Crippen LogP contribution < -0.4 is 5.32 Å². The number of carbonyl (C=O) groups excluding carboxylic acids is 2. The lowest BCUT2D eigenvalue weighted by molar-refractivity contribution is -0.144. The molecule has 0 aromatic heterocycles. The van der Waals surface area contributed by atoms with Gasteiger partial charge in [-0.05, 0) is 24.1 Å². The minimum atomic E-state index is -0.643. The molecule has 4 nitrogen and oxygen atoms in total. The third-order valence-corrected chi connectivity index (χ3v) is 4.00. The van der Waals surface area contributed by atoms with E-state index in [1.807, 2.05) is 19.9 Å². The van der Waals surface area contributed by atoms with E-state index in [4.69, 9.17) is 4.74 Å². The molecule has 0 aliphatic heterocycles. The Hall–Kier alpha value is -0.880. The fourth-order valence-corrected chi connectivity index (χ4v) is 3.00. The van der Waals surface area contributed by atoms with Crippen LogP contribution in [0, 0.1) is 5.92 Å². The summed E-state index contributed by atoms with van der Waals surface area (Å²) in [6, 6.07) is 4.59. The summed E-state index contributed by atoms with van der Waals surface area (Å²) in [5.41, 5.74) is 0.475. The van der Waals surface area contributed by atoms with Gasteiger partial charge in [0.15, 0.2) is 0 Å². The van der Waals surface area contributed by atoms with Crippen molar-refractivity contribution in [1.29, 1.82) is 0 Å². The monoisotopic (exact) mass is 405 g/mol. The van der Waals surface area contributed by atoms with Crippen molar-refractivity contribution in [2.45, 2.75) is 26.3 Å². The molecule has 6 heteroatoms. The normalized spacial score (nSPS) is 13.4. The Morgan fingerprint density at radius 3 is 2.25 bits per heavy atom. The molecule has 1 N–H and O–H groups in total. The summed E-state index contributed by atoms with van der Waals surface area (Å²) in [5, 5.41) is 2.73. The first-order chi connectivity index (χ1) is 9.38. The van der Waals surface area contributed by atoms with Crippen molar-refractivity contribution in [1.82, 2.24) is 5.32 Å². The lowest BCUT2D eigenvalue weighted by atomic mass is 9.99. The molecule has 1 amide bonds. The number of esters is 1. The first-order valence-corrected chi connectivity index (χ1v) is 7.82. The minimum Gasteiger partial charge on any atom is -0.467 e. The number of rotatable bonds is 5. The molecule has 0 saturated carbocycles. The van der Waals surface area contributed by atoms with Crippen LogP contribution in [0.4, 0.5) is 0 Å². The number of methoxy groups -OCH3 is 1. The molecule has 1 aromatic carbocycles. The number of ether oxygens (including phenoxy) is 1. The van der Waals surface area contributed by atoms with Crippen molar-refractivity contribution in [3.05, 3.63) is 32.7 Å². The maximum atomic E-state index is 12.2. The minimum absolute atomic E-state index is 0.00185. The molecule has 0 heterocycles. The van der Waals surface area contributed by atoms with Gasteiger partial charge in [0.25, 0.3) is 5.91 Å². The van der Waals surface area contributed by atoms with E-state index in [9.17, 15) is 9.59 Å². The van der Waals surface area contributed by atoms with Crippen molar-refractivity contribution in [2.75, 3.05) is 7.11 Å². The smallest absolute Gasteiger partial charge is 0.328 e. The molecule has 0 fully saturated rings. The predicted octanol–water partition coefficient (Wildman–Crippen LogP) is 3.53. The van der Waals surface area contributed by atoms with Gasteiger partial charge in [0.05, 0.1) is 7.11 Å². The van der Waals surface area contributed by atoms with Gasteiger partial charge in [-0.2, -0.15) is 0 Å². The zero-order valence-corrected chi connectivity index (χ0v) is 14.7. The molecule has 0 unspecified atom stereocenters. The Morgan fingerprint density at radius 2 is 1.80 bits per heavy atom. The lowest BCUT2D eigenvalue weighted by Gasteiger charge is -2.21. The fraction of sp³-hybridized carbons (Fsp3) is 0.429. The third-order valence-electron chi connectivity index (χ3n) is 3.08. The quantitative estimate of drug-likeness (QED) is 0.761. The summed E-state index contributed by atoms with van der Waals surface area (Å²) in [4.78, 5) is 24.0. The number of hydrogen-bond acceptors (Lipinski definition) is 3. The van der Waals surface area contributed by atoms with Gasteiger partial charge in [-0.1, -0.05) is 52.1 Å². The molecule has 0 bridgehead atoms. The van der Waals surface area contributed by atoms with Crippen LogP contribution in [0.2, 0.25) is 0 Å². The summed E-state index contributed by atoms with van der Waals surface area (Å²) in [6.45, 7) is 3.86. The largest absolute Gasteiger partial charge is 0.467 e. The van der Waals surface area contributed by atoms with Crippen LogP contribution >= 0.6 is 31.9 Å². The summed E-state index contributed by atoms with van der Waals surface area (Å²) in [6.07, 6.45) is 0.766. The van der Waals surface area contributed by atoms with Crippen molar-refractivity contribution in [3.8, 4) is 0 Å². The van der Waals surface area contributed by atoms with Crippen LogP contribution in [-0.4, -0.2) is 25.0 Å². The number of nitrogens with one attached hydrogen (secondary N) is 1. The maximum Gasteiger partial charge on any atom is 0.328 e. The Morgan fingerprint density at radius 1 is 1.25 bits per heavy atom. The molecular formula is C14H17Br2NO3. The van der Waals surface area contributed by atoms with Gasteiger partial charge in [-0.3, -0.25) is 4.79 Å². The topological polar surface area (TPSA) is 55.4 Å². The van der Waals surface area contributed by atoms with Crippen LogP contribution in [0.1, 0.15) is 30.6 Å². The highest BCUT2D eigenvalue weighted by atomic mass is 79.9. The molecule has 0 spiro atoms. The average molecular weight is 407 g/mol. The van der Waals surface area contributed by atoms with Crippen molar-refractivity contribution >= 4 is 43.7 Å². The molecule has 2 atom stereocenters. The van der Waals surface area contributed by atoms with Crippen LogP contribution in [0.3, 0.4) is 0 Å². The molecule has 110 valence electrons. The van der Waals surface area contributed by atoms with E-state index in [0.717, 1.165) is 15.4 Å². The first-order valence-electron chi connectivity index (χ1n) is 6.23. The van der Waals surface area contributed by atoms with Crippen LogP contribution in [0.5, 0.6) is 0 Å². The number of hydrogen-bond donors (Lipinski definition) is 1. The lowest BCUT2D eigenvalue weighted by Crippen LogP contribution is -2.45. The second-order valence-electron chi connectivity index (χ2n) is 4.52. The van der Waals surface area contributed by atoms with Gasteiger partial charge in [-0.15, -0.1) is 0 Å². The summed E-state index contributed by atoms with van der Waals surface area (Å²) in [7, 11) is 1.32. The Balaban J connectivity index is 2.93. The zero-order chi connectivity index (χ0) is 15.3. The van der Waals surface area contributed by atoms with Gasteiger partial charge >= 0.3 is 5.97 Å². The van der Waals surface area contributed by atoms with E-state index in [1.54, 1.807) is 12.1 Å². The fourth-order valence-electron chi connectivity index (χ4n) is 1.71. The van der Waals surface area contributed by atoms with Crippen LogP contribution in [0.25, 0.3) is 0 Å². The molecule has 0 radical (unpaired) electrons. The van der Waals surface area contributed by atoms with Gasteiger partial charge in [0, 0.05) is 14.5 Å². The number of carbonyl (C=O) groups is 2. The summed E-state index contributed by atoms with van der Waals surface area (Å²) >= 11 is 6.66. The molecule has 20 heavy (non-hydrogen) atoms. The summed E-state index contributed by atoms with van der Waals surface area (Å²) < 4.78 is 6.32. The molecule has 1 rings (SSSR count). The SMILES string of the molecule is CC[C@H](C)[C@H](NC(=O)c1cc(Br)cc(Br)c1)C(=O)OC. The highest BCUT2D eigenvalue weighted by molar-refractivity contribution is 9.11. The van der Waals surface area contributed by atoms with E-state index in [1.165, 1.54) is 7.11 Å².